The summed E-state index contributed by atoms with van der Waals surface area (Å²) in [6.07, 6.45) is 3.64. The third-order valence-corrected chi connectivity index (χ3v) is 4.53. The number of ether oxygens (including phenoxy) is 1. The lowest BCUT2D eigenvalue weighted by Gasteiger charge is -2.21. The molecule has 0 radical (unpaired) electrons. The van der Waals surface area contributed by atoms with Crippen LogP contribution in [0.4, 0.5) is 0 Å². The minimum absolute atomic E-state index is 0.123. The van der Waals surface area contributed by atoms with E-state index in [4.69, 9.17) is 4.74 Å². The lowest BCUT2D eigenvalue weighted by atomic mass is 9.81. The van der Waals surface area contributed by atoms with E-state index in [1.807, 2.05) is 52.0 Å². The summed E-state index contributed by atoms with van der Waals surface area (Å²) in [5.41, 5.74) is -0.0367. The lowest BCUT2D eigenvalue weighted by Crippen LogP contribution is -2.26. The maximum atomic E-state index is 12.3. The third-order valence-electron chi connectivity index (χ3n) is 3.32. The van der Waals surface area contributed by atoms with Crippen LogP contribution in [0.15, 0.2) is 41.3 Å². The number of carbonyl (C=O) groups excluding carboxylic acids is 2. The maximum absolute atomic E-state index is 12.3. The summed E-state index contributed by atoms with van der Waals surface area (Å²) in [6, 6.07) is 7.81. The van der Waals surface area contributed by atoms with Crippen molar-refractivity contribution in [2.75, 3.05) is 0 Å². The van der Waals surface area contributed by atoms with Crippen molar-refractivity contribution >= 4 is 22.8 Å². The minimum Gasteiger partial charge on any atom is -0.457 e. The molecule has 0 fully saturated rings. The van der Waals surface area contributed by atoms with E-state index >= 15 is 0 Å². The van der Waals surface area contributed by atoms with Crippen molar-refractivity contribution in [3.8, 4) is 0 Å². The molecule has 1 aliphatic rings. The van der Waals surface area contributed by atoms with Crippen molar-refractivity contribution in [2.45, 2.75) is 50.0 Å². The highest BCUT2D eigenvalue weighted by molar-refractivity contribution is 8.14. The van der Waals surface area contributed by atoms with Crippen molar-refractivity contribution < 1.29 is 14.3 Å². The Kier molecular flexibility index (Phi) is 4.28. The van der Waals surface area contributed by atoms with Crippen LogP contribution in [0, 0.1) is 0 Å². The van der Waals surface area contributed by atoms with Gasteiger partial charge in [-0.15, -0.1) is 0 Å². The Morgan fingerprint density at radius 2 is 2.00 bits per heavy atom. The van der Waals surface area contributed by atoms with Crippen molar-refractivity contribution in [1.82, 2.24) is 0 Å². The summed E-state index contributed by atoms with van der Waals surface area (Å²) in [5, 5.41) is 0.123. The van der Waals surface area contributed by atoms with Crippen LogP contribution in [0.1, 0.15) is 39.7 Å². The maximum Gasteiger partial charge on any atom is 0.330 e. The molecule has 0 saturated heterocycles. The second kappa shape index (κ2) is 5.68. The van der Waals surface area contributed by atoms with Gasteiger partial charge in [0.1, 0.15) is 5.60 Å². The van der Waals surface area contributed by atoms with E-state index in [1.165, 1.54) is 17.8 Å². The number of thioether (sulfide) groups is 1. The Labute approximate surface area is 129 Å². The summed E-state index contributed by atoms with van der Waals surface area (Å²) in [7, 11) is 0. The number of carbonyl (C=O) groups is 2. The molecule has 1 heterocycles. The Morgan fingerprint density at radius 3 is 2.67 bits per heavy atom. The number of allylic oxidation sites excluding steroid dienone is 1. The van der Waals surface area contributed by atoms with Gasteiger partial charge in [0, 0.05) is 11.0 Å². The first-order chi connectivity index (χ1) is 9.72. The highest BCUT2D eigenvalue weighted by Crippen LogP contribution is 2.46. The molecule has 2 rings (SSSR count). The first-order valence-electron chi connectivity index (χ1n) is 6.94. The summed E-state index contributed by atoms with van der Waals surface area (Å²) >= 11 is 1.28. The van der Waals surface area contributed by atoms with E-state index in [1.54, 1.807) is 6.08 Å². The molecule has 4 heteroatoms. The van der Waals surface area contributed by atoms with Crippen LogP contribution >= 0.6 is 11.8 Å². The average molecular weight is 304 g/mol. The fourth-order valence-corrected chi connectivity index (χ4v) is 3.42. The van der Waals surface area contributed by atoms with Crippen molar-refractivity contribution in [3.63, 3.8) is 0 Å². The number of esters is 1. The van der Waals surface area contributed by atoms with Crippen LogP contribution in [-0.4, -0.2) is 16.7 Å². The fraction of sp³-hybridized carbons (Fsp3) is 0.412. The van der Waals surface area contributed by atoms with Crippen molar-refractivity contribution in [3.05, 3.63) is 42.0 Å². The number of benzene rings is 1. The predicted molar refractivity (Wildman–Crippen MR) is 84.3 cm³/mol. The summed E-state index contributed by atoms with van der Waals surface area (Å²) in [6.45, 7) is 7.40. The molecule has 0 amide bonds. The van der Waals surface area contributed by atoms with Gasteiger partial charge in [-0.05, 0) is 45.7 Å². The van der Waals surface area contributed by atoms with Crippen molar-refractivity contribution in [1.29, 1.82) is 0 Å². The SMILES string of the molecule is CC(C)(C)OC(=O)/C=C\C[C@@]1(C)C(=O)Sc2ccccc21. The van der Waals surface area contributed by atoms with Gasteiger partial charge in [-0.3, -0.25) is 4.79 Å². The third kappa shape index (κ3) is 3.56. The summed E-state index contributed by atoms with van der Waals surface area (Å²) < 4.78 is 5.22. The molecule has 0 bridgehead atoms. The van der Waals surface area contributed by atoms with E-state index < -0.39 is 11.0 Å². The van der Waals surface area contributed by atoms with Crippen LogP contribution in [0.3, 0.4) is 0 Å². The molecule has 1 aromatic rings. The zero-order valence-electron chi connectivity index (χ0n) is 12.8. The molecule has 1 atom stereocenters. The van der Waals surface area contributed by atoms with Crippen LogP contribution in [0.5, 0.6) is 0 Å². The number of hydrogen-bond donors (Lipinski definition) is 0. The zero-order chi connectivity index (χ0) is 15.7. The molecule has 0 aliphatic carbocycles. The van der Waals surface area contributed by atoms with Crippen LogP contribution in [-0.2, 0) is 19.7 Å². The number of fused-ring (bicyclic) bond motifs is 1. The quantitative estimate of drug-likeness (QED) is 0.628. The Bertz CT molecular complexity index is 598. The fourth-order valence-electron chi connectivity index (χ4n) is 2.25. The molecular weight excluding hydrogens is 284 g/mol. The summed E-state index contributed by atoms with van der Waals surface area (Å²) in [4.78, 5) is 24.9. The molecule has 0 aromatic heterocycles. The van der Waals surface area contributed by atoms with E-state index in [0.29, 0.717) is 6.42 Å². The Morgan fingerprint density at radius 1 is 1.33 bits per heavy atom. The van der Waals surface area contributed by atoms with Gasteiger partial charge in [-0.1, -0.05) is 36.0 Å². The monoisotopic (exact) mass is 304 g/mol. The van der Waals surface area contributed by atoms with Gasteiger partial charge in [-0.25, -0.2) is 4.79 Å². The van der Waals surface area contributed by atoms with Crippen LogP contribution in [0.2, 0.25) is 0 Å². The molecule has 0 N–H and O–H groups in total. The van der Waals surface area contributed by atoms with Gasteiger partial charge < -0.3 is 4.74 Å². The molecule has 112 valence electrons. The van der Waals surface area contributed by atoms with Crippen LogP contribution < -0.4 is 0 Å². The topological polar surface area (TPSA) is 43.4 Å². The zero-order valence-corrected chi connectivity index (χ0v) is 13.6. The molecule has 1 aliphatic heterocycles. The van der Waals surface area contributed by atoms with Gasteiger partial charge in [-0.2, -0.15) is 0 Å². The minimum atomic E-state index is -0.570. The molecule has 3 nitrogen and oxygen atoms in total. The normalized spacial score (nSPS) is 21.6. The van der Waals surface area contributed by atoms with Gasteiger partial charge in [0.25, 0.3) is 0 Å². The standard InChI is InChI=1S/C17H20O3S/c1-16(2,3)20-14(18)10-7-11-17(4)12-8-5-6-9-13(12)21-15(17)19/h5-10H,11H2,1-4H3/b10-7-/t17-/m1/s1. The predicted octanol–water partition coefficient (Wildman–Crippen LogP) is 3.86. The first kappa shape index (κ1) is 15.8. The van der Waals surface area contributed by atoms with E-state index in [2.05, 4.69) is 0 Å². The number of rotatable bonds is 3. The average Bonchev–Trinajstić information content (AvgIpc) is 2.60. The highest BCUT2D eigenvalue weighted by Gasteiger charge is 2.42. The largest absolute Gasteiger partial charge is 0.457 e. The van der Waals surface area contributed by atoms with E-state index in [0.717, 1.165) is 10.5 Å². The van der Waals surface area contributed by atoms with E-state index in [-0.39, 0.29) is 11.1 Å². The van der Waals surface area contributed by atoms with Gasteiger partial charge in [0.15, 0.2) is 0 Å². The molecular formula is C17H20O3S. The molecule has 1 aromatic carbocycles. The Balaban J connectivity index is 2.09. The van der Waals surface area contributed by atoms with Gasteiger partial charge >= 0.3 is 5.97 Å². The molecule has 0 unspecified atom stereocenters. The highest BCUT2D eigenvalue weighted by atomic mass is 32.2. The van der Waals surface area contributed by atoms with Gasteiger partial charge in [0.05, 0.1) is 5.41 Å². The molecule has 0 spiro atoms. The Hall–Kier alpha value is -1.55. The molecule has 21 heavy (non-hydrogen) atoms. The van der Waals surface area contributed by atoms with Crippen molar-refractivity contribution in [2.24, 2.45) is 0 Å². The molecule has 0 saturated carbocycles. The second-order valence-electron chi connectivity index (χ2n) is 6.36. The number of hydrogen-bond acceptors (Lipinski definition) is 4. The van der Waals surface area contributed by atoms with Crippen LogP contribution in [0.25, 0.3) is 0 Å². The lowest BCUT2D eigenvalue weighted by molar-refractivity contribution is -0.148. The van der Waals surface area contributed by atoms with Gasteiger partial charge in [0.2, 0.25) is 5.12 Å². The smallest absolute Gasteiger partial charge is 0.330 e. The van der Waals surface area contributed by atoms with E-state index in [9.17, 15) is 9.59 Å². The summed E-state index contributed by atoms with van der Waals surface area (Å²) in [5.74, 6) is -0.377. The second-order valence-corrected chi connectivity index (χ2v) is 7.37. The first-order valence-corrected chi connectivity index (χ1v) is 7.75.